The highest BCUT2D eigenvalue weighted by molar-refractivity contribution is 5.95. The van der Waals surface area contributed by atoms with Crippen molar-refractivity contribution in [2.75, 3.05) is 13.7 Å². The molecule has 138 valence electrons. The molecule has 3 rings (SSSR count). The van der Waals surface area contributed by atoms with Crippen molar-refractivity contribution < 1.29 is 14.6 Å². The number of carbonyl (C=O) groups excluding carboxylic acids is 1. The third kappa shape index (κ3) is 4.14. The second kappa shape index (κ2) is 8.02. The van der Waals surface area contributed by atoms with Crippen LogP contribution in [0.3, 0.4) is 0 Å². The highest BCUT2D eigenvalue weighted by Crippen LogP contribution is 2.30. The maximum Gasteiger partial charge on any atom is 0.251 e. The number of nitrogens with one attached hydrogen (secondary N) is 1. The van der Waals surface area contributed by atoms with Crippen LogP contribution >= 0.6 is 0 Å². The minimum atomic E-state index is -0.497. The van der Waals surface area contributed by atoms with Crippen LogP contribution in [0, 0.1) is 0 Å². The van der Waals surface area contributed by atoms with E-state index in [9.17, 15) is 9.90 Å². The summed E-state index contributed by atoms with van der Waals surface area (Å²) in [5, 5.41) is 12.9. The Morgan fingerprint density at radius 2 is 1.85 bits per heavy atom. The second-order valence-electron chi connectivity index (χ2n) is 7.25. The number of ether oxygens (including phenoxy) is 1. The Morgan fingerprint density at radius 3 is 2.46 bits per heavy atom. The average Bonchev–Trinajstić information content (AvgIpc) is 3.10. The number of benzene rings is 2. The van der Waals surface area contributed by atoms with Crippen LogP contribution in [0.4, 0.5) is 0 Å². The van der Waals surface area contributed by atoms with Crippen molar-refractivity contribution in [2.24, 2.45) is 0 Å². The van der Waals surface area contributed by atoms with Crippen LogP contribution in [0.25, 0.3) is 11.1 Å². The Labute approximate surface area is 155 Å². The molecule has 0 aliphatic heterocycles. The van der Waals surface area contributed by atoms with E-state index in [1.807, 2.05) is 48.5 Å². The van der Waals surface area contributed by atoms with Crippen LogP contribution in [0.1, 0.15) is 54.6 Å². The van der Waals surface area contributed by atoms with Gasteiger partial charge in [0.25, 0.3) is 5.91 Å². The van der Waals surface area contributed by atoms with Crippen LogP contribution in [0.15, 0.2) is 48.5 Å². The molecule has 2 aromatic rings. The lowest BCUT2D eigenvalue weighted by atomic mass is 9.97. The average molecular weight is 353 g/mol. The van der Waals surface area contributed by atoms with Gasteiger partial charge in [-0.25, -0.2) is 0 Å². The van der Waals surface area contributed by atoms with E-state index in [0.29, 0.717) is 12.2 Å². The van der Waals surface area contributed by atoms with Crippen LogP contribution in [-0.4, -0.2) is 30.3 Å². The normalized spacial score (nSPS) is 17.0. The summed E-state index contributed by atoms with van der Waals surface area (Å²) in [4.78, 5) is 12.7. The van der Waals surface area contributed by atoms with Crippen molar-refractivity contribution in [3.8, 4) is 11.1 Å². The van der Waals surface area contributed by atoms with Crippen LogP contribution < -0.4 is 5.32 Å². The summed E-state index contributed by atoms with van der Waals surface area (Å²) in [5.74, 6) is -0.0479. The fraction of sp³-hybridized carbons (Fsp3) is 0.409. The molecule has 1 aliphatic carbocycles. The molecule has 2 N–H and O–H groups in total. The third-order valence-electron chi connectivity index (χ3n) is 5.21. The van der Waals surface area contributed by atoms with Gasteiger partial charge in [0.05, 0.1) is 18.2 Å². The largest absolute Gasteiger partial charge is 0.389 e. The second-order valence-corrected chi connectivity index (χ2v) is 7.25. The quantitative estimate of drug-likeness (QED) is 0.822. The molecule has 0 heterocycles. The van der Waals surface area contributed by atoms with Crippen molar-refractivity contribution in [1.29, 1.82) is 0 Å². The van der Waals surface area contributed by atoms with Crippen molar-refractivity contribution in [3.05, 3.63) is 59.7 Å². The molecule has 1 atom stereocenters. The molecule has 0 spiro atoms. The van der Waals surface area contributed by atoms with E-state index in [1.165, 1.54) is 0 Å². The van der Waals surface area contributed by atoms with Gasteiger partial charge in [0.15, 0.2) is 0 Å². The van der Waals surface area contributed by atoms with E-state index < -0.39 is 6.10 Å². The monoisotopic (exact) mass is 353 g/mol. The summed E-state index contributed by atoms with van der Waals surface area (Å²) in [7, 11) is 1.68. The van der Waals surface area contributed by atoms with Crippen LogP contribution in [-0.2, 0) is 4.74 Å². The van der Waals surface area contributed by atoms with Crippen molar-refractivity contribution in [1.82, 2.24) is 5.32 Å². The van der Waals surface area contributed by atoms with Gasteiger partial charge in [-0.3, -0.25) is 4.79 Å². The standard InChI is InChI=1S/C22H27NO3/c1-16(24)19-6-5-7-20(14-19)17-8-10-18(11-9-17)21(25)23-22(15-26-2)12-3-4-13-22/h5-11,14,16,24H,3-4,12-13,15H2,1-2H3,(H,23,25). The number of hydrogen-bond donors (Lipinski definition) is 2. The fourth-order valence-electron chi connectivity index (χ4n) is 3.74. The first-order chi connectivity index (χ1) is 12.5. The van der Waals surface area contributed by atoms with Crippen molar-refractivity contribution in [3.63, 3.8) is 0 Å². The summed E-state index contributed by atoms with van der Waals surface area (Å²) in [6.45, 7) is 2.31. The zero-order valence-electron chi connectivity index (χ0n) is 15.5. The molecular weight excluding hydrogens is 326 g/mol. The van der Waals surface area contributed by atoms with Crippen LogP contribution in [0.2, 0.25) is 0 Å². The smallest absolute Gasteiger partial charge is 0.251 e. The third-order valence-corrected chi connectivity index (χ3v) is 5.21. The molecule has 0 saturated heterocycles. The first-order valence-corrected chi connectivity index (χ1v) is 9.23. The first-order valence-electron chi connectivity index (χ1n) is 9.23. The van der Waals surface area contributed by atoms with Gasteiger partial charge in [-0.2, -0.15) is 0 Å². The van der Waals surface area contributed by atoms with E-state index in [2.05, 4.69) is 5.32 Å². The Hall–Kier alpha value is -2.17. The predicted molar refractivity (Wildman–Crippen MR) is 103 cm³/mol. The lowest BCUT2D eigenvalue weighted by molar-refractivity contribution is 0.0767. The van der Waals surface area contributed by atoms with Gasteiger partial charge < -0.3 is 15.2 Å². The van der Waals surface area contributed by atoms with Crippen molar-refractivity contribution in [2.45, 2.75) is 44.2 Å². The molecule has 1 saturated carbocycles. The molecule has 4 heteroatoms. The molecule has 4 nitrogen and oxygen atoms in total. The topological polar surface area (TPSA) is 58.6 Å². The minimum absolute atomic E-state index is 0.0479. The van der Waals surface area contributed by atoms with Gasteiger partial charge in [0.1, 0.15) is 0 Å². The SMILES string of the molecule is COCC1(NC(=O)c2ccc(-c3cccc(C(C)O)c3)cc2)CCCC1. The van der Waals surface area contributed by atoms with Gasteiger partial charge in [0.2, 0.25) is 0 Å². The van der Waals surface area contributed by atoms with Crippen molar-refractivity contribution >= 4 is 5.91 Å². The Bertz CT molecular complexity index is 746. The van der Waals surface area contributed by atoms with E-state index >= 15 is 0 Å². The molecule has 26 heavy (non-hydrogen) atoms. The number of aliphatic hydroxyl groups excluding tert-OH is 1. The Morgan fingerprint density at radius 1 is 1.15 bits per heavy atom. The van der Waals surface area contributed by atoms with Gasteiger partial charge in [-0.15, -0.1) is 0 Å². The zero-order chi connectivity index (χ0) is 18.6. The molecule has 1 aliphatic rings. The molecular formula is C22H27NO3. The number of rotatable bonds is 6. The molecule has 1 fully saturated rings. The number of hydrogen-bond acceptors (Lipinski definition) is 3. The molecule has 0 radical (unpaired) electrons. The highest BCUT2D eigenvalue weighted by atomic mass is 16.5. The number of aliphatic hydroxyl groups is 1. The summed E-state index contributed by atoms with van der Waals surface area (Å²) >= 11 is 0. The lowest BCUT2D eigenvalue weighted by Crippen LogP contribution is -2.49. The molecule has 2 aromatic carbocycles. The maximum absolute atomic E-state index is 12.7. The molecule has 0 bridgehead atoms. The van der Waals surface area contributed by atoms with Gasteiger partial charge >= 0.3 is 0 Å². The number of carbonyl (C=O) groups is 1. The molecule has 0 aromatic heterocycles. The van der Waals surface area contributed by atoms with Crippen LogP contribution in [0.5, 0.6) is 0 Å². The number of methoxy groups -OCH3 is 1. The van der Waals surface area contributed by atoms with E-state index in [4.69, 9.17) is 4.74 Å². The summed E-state index contributed by atoms with van der Waals surface area (Å²) in [6, 6.07) is 15.4. The number of amides is 1. The van der Waals surface area contributed by atoms with Gasteiger partial charge in [-0.05, 0) is 54.7 Å². The minimum Gasteiger partial charge on any atom is -0.389 e. The molecule has 1 unspecified atom stereocenters. The van der Waals surface area contributed by atoms with Gasteiger partial charge in [0, 0.05) is 12.7 Å². The lowest BCUT2D eigenvalue weighted by Gasteiger charge is -2.29. The summed E-state index contributed by atoms with van der Waals surface area (Å²) in [6.07, 6.45) is 3.70. The Kier molecular flexibility index (Phi) is 5.74. The predicted octanol–water partition coefficient (Wildman–Crippen LogP) is 4.10. The van der Waals surface area contributed by atoms with E-state index in [0.717, 1.165) is 42.4 Å². The van der Waals surface area contributed by atoms with Gasteiger partial charge in [-0.1, -0.05) is 43.2 Å². The first kappa shape index (κ1) is 18.6. The van der Waals surface area contributed by atoms with E-state index in [1.54, 1.807) is 14.0 Å². The fourth-order valence-corrected chi connectivity index (χ4v) is 3.74. The maximum atomic E-state index is 12.7. The zero-order valence-corrected chi connectivity index (χ0v) is 15.5. The Balaban J connectivity index is 1.75. The summed E-state index contributed by atoms with van der Waals surface area (Å²) in [5.41, 5.74) is 3.37. The van der Waals surface area contributed by atoms with E-state index in [-0.39, 0.29) is 11.4 Å². The molecule has 1 amide bonds. The highest BCUT2D eigenvalue weighted by Gasteiger charge is 2.35. The summed E-state index contributed by atoms with van der Waals surface area (Å²) < 4.78 is 5.34.